The van der Waals surface area contributed by atoms with E-state index in [1.54, 1.807) is 0 Å². The molecule has 2 aromatic rings. The van der Waals surface area contributed by atoms with Crippen LogP contribution in [0.4, 0.5) is 8.78 Å². The van der Waals surface area contributed by atoms with Gasteiger partial charge in [0.2, 0.25) is 0 Å². The van der Waals surface area contributed by atoms with Crippen LogP contribution in [0.15, 0.2) is 48.5 Å². The summed E-state index contributed by atoms with van der Waals surface area (Å²) in [7, 11) is 0. The van der Waals surface area contributed by atoms with E-state index in [0.29, 0.717) is 0 Å². The van der Waals surface area contributed by atoms with Gasteiger partial charge < -0.3 is 5.73 Å². The van der Waals surface area contributed by atoms with E-state index < -0.39 is 23.1 Å². The molecule has 0 radical (unpaired) electrons. The Balaban J connectivity index is 2.54. The molecule has 0 aliphatic rings. The number of halogens is 2. The van der Waals surface area contributed by atoms with Gasteiger partial charge in [-0.2, -0.15) is 0 Å². The third-order valence-electron chi connectivity index (χ3n) is 4.50. The lowest BCUT2D eigenvalue weighted by atomic mass is 9.68. The molecule has 0 fully saturated rings. The summed E-state index contributed by atoms with van der Waals surface area (Å²) in [6.45, 7) is 4.07. The van der Waals surface area contributed by atoms with Crippen molar-refractivity contribution in [3.8, 4) is 0 Å². The number of rotatable bonds is 5. The molecule has 21 heavy (non-hydrogen) atoms. The normalized spacial score (nSPS) is 13.2. The minimum Gasteiger partial charge on any atom is -0.323 e. The third-order valence-corrected chi connectivity index (χ3v) is 4.50. The van der Waals surface area contributed by atoms with Crippen molar-refractivity contribution in [3.63, 3.8) is 0 Å². The zero-order valence-electron chi connectivity index (χ0n) is 12.4. The molecule has 2 rings (SSSR count). The summed E-state index contributed by atoms with van der Waals surface area (Å²) in [5.41, 5.74) is 7.28. The summed E-state index contributed by atoms with van der Waals surface area (Å²) in [5.74, 6) is -0.915. The molecular weight excluding hydrogens is 268 g/mol. The molecule has 3 heteroatoms. The highest BCUT2D eigenvalue weighted by molar-refractivity contribution is 5.34. The van der Waals surface area contributed by atoms with Gasteiger partial charge in [-0.25, -0.2) is 8.78 Å². The number of hydrogen-bond acceptors (Lipinski definition) is 1. The van der Waals surface area contributed by atoms with Crippen molar-refractivity contribution in [3.05, 3.63) is 71.3 Å². The van der Waals surface area contributed by atoms with E-state index in [1.165, 1.54) is 6.07 Å². The second-order valence-corrected chi connectivity index (χ2v) is 5.37. The van der Waals surface area contributed by atoms with Crippen LogP contribution in [-0.4, -0.2) is 0 Å². The van der Waals surface area contributed by atoms with Gasteiger partial charge in [-0.15, -0.1) is 0 Å². The Kier molecular flexibility index (Phi) is 4.73. The van der Waals surface area contributed by atoms with Crippen LogP contribution in [0, 0.1) is 11.6 Å². The lowest BCUT2D eigenvalue weighted by Gasteiger charge is -2.38. The first kappa shape index (κ1) is 15.6. The van der Waals surface area contributed by atoms with Crippen molar-refractivity contribution in [2.45, 2.75) is 38.1 Å². The average Bonchev–Trinajstić information content (AvgIpc) is 2.52. The van der Waals surface area contributed by atoms with Crippen molar-refractivity contribution in [1.82, 2.24) is 0 Å². The maximum atomic E-state index is 14.1. The third kappa shape index (κ3) is 2.84. The van der Waals surface area contributed by atoms with E-state index in [2.05, 4.69) is 0 Å². The molecule has 112 valence electrons. The first-order valence-electron chi connectivity index (χ1n) is 7.31. The highest BCUT2D eigenvalue weighted by Gasteiger charge is 2.37. The summed E-state index contributed by atoms with van der Waals surface area (Å²) in [5, 5.41) is 0. The van der Waals surface area contributed by atoms with E-state index in [1.807, 2.05) is 44.2 Å². The Hall–Kier alpha value is -1.74. The van der Waals surface area contributed by atoms with Crippen molar-refractivity contribution >= 4 is 0 Å². The molecule has 0 amide bonds. The zero-order chi connectivity index (χ0) is 15.5. The molecule has 0 aromatic heterocycles. The Morgan fingerprint density at radius 3 is 2.19 bits per heavy atom. The predicted octanol–water partition coefficient (Wildman–Crippen LogP) is 4.72. The molecule has 0 heterocycles. The highest BCUT2D eigenvalue weighted by Crippen LogP contribution is 2.42. The summed E-state index contributed by atoms with van der Waals surface area (Å²) < 4.78 is 27.6. The van der Waals surface area contributed by atoms with Crippen molar-refractivity contribution in [2.75, 3.05) is 0 Å². The fourth-order valence-corrected chi connectivity index (χ4v) is 3.10. The Morgan fingerprint density at radius 2 is 1.62 bits per heavy atom. The Labute approximate surface area is 124 Å². The van der Waals surface area contributed by atoms with Gasteiger partial charge in [-0.3, -0.25) is 0 Å². The molecule has 0 saturated heterocycles. The largest absolute Gasteiger partial charge is 0.323 e. The van der Waals surface area contributed by atoms with Crippen LogP contribution in [-0.2, 0) is 5.41 Å². The first-order chi connectivity index (χ1) is 10.0. The van der Waals surface area contributed by atoms with Crippen LogP contribution in [0.1, 0.15) is 43.9 Å². The summed E-state index contributed by atoms with van der Waals surface area (Å²) >= 11 is 0. The molecular formula is C18H21F2N. The quantitative estimate of drug-likeness (QED) is 0.846. The lowest BCUT2D eigenvalue weighted by molar-refractivity contribution is 0.314. The van der Waals surface area contributed by atoms with Crippen molar-refractivity contribution in [2.24, 2.45) is 5.73 Å². The van der Waals surface area contributed by atoms with E-state index >= 15 is 0 Å². The number of hydrogen-bond donors (Lipinski definition) is 1. The van der Waals surface area contributed by atoms with Crippen LogP contribution < -0.4 is 5.73 Å². The highest BCUT2D eigenvalue weighted by atomic mass is 19.1. The minimum absolute atomic E-state index is 0.238. The molecule has 1 atom stereocenters. The van der Waals surface area contributed by atoms with Gasteiger partial charge in [0.05, 0.1) is 0 Å². The molecule has 1 nitrogen and oxygen atoms in total. The number of benzene rings is 2. The maximum absolute atomic E-state index is 14.1. The van der Waals surface area contributed by atoms with Crippen LogP contribution in [0.25, 0.3) is 0 Å². The molecule has 0 aliphatic carbocycles. The maximum Gasteiger partial charge on any atom is 0.128 e. The van der Waals surface area contributed by atoms with Crippen LogP contribution >= 0.6 is 0 Å². The van der Waals surface area contributed by atoms with Crippen LogP contribution in [0.3, 0.4) is 0 Å². The second-order valence-electron chi connectivity index (χ2n) is 5.37. The SMILES string of the molecule is CCC(CC)(c1ccccc1)C(N)c1cc(F)ccc1F. The Morgan fingerprint density at radius 1 is 1.00 bits per heavy atom. The van der Waals surface area contributed by atoms with Gasteiger partial charge >= 0.3 is 0 Å². The molecule has 0 aliphatic heterocycles. The molecule has 2 N–H and O–H groups in total. The van der Waals surface area contributed by atoms with Gasteiger partial charge in [0.25, 0.3) is 0 Å². The van der Waals surface area contributed by atoms with Gasteiger partial charge in [0.15, 0.2) is 0 Å². The van der Waals surface area contributed by atoms with Gasteiger partial charge in [-0.1, -0.05) is 44.2 Å². The summed E-state index contributed by atoms with van der Waals surface area (Å²) in [4.78, 5) is 0. The molecule has 0 bridgehead atoms. The molecule has 0 saturated carbocycles. The second kappa shape index (κ2) is 6.35. The van der Waals surface area contributed by atoms with E-state index in [4.69, 9.17) is 5.73 Å². The monoisotopic (exact) mass is 289 g/mol. The van der Waals surface area contributed by atoms with Crippen molar-refractivity contribution < 1.29 is 8.78 Å². The number of nitrogens with two attached hydrogens (primary N) is 1. The van der Waals surface area contributed by atoms with Crippen LogP contribution in [0.2, 0.25) is 0 Å². The van der Waals surface area contributed by atoms with E-state index in [0.717, 1.165) is 30.5 Å². The molecule has 1 unspecified atom stereocenters. The Bertz CT molecular complexity index is 591. The fourth-order valence-electron chi connectivity index (χ4n) is 3.10. The molecule has 2 aromatic carbocycles. The van der Waals surface area contributed by atoms with Crippen LogP contribution in [0.5, 0.6) is 0 Å². The van der Waals surface area contributed by atoms with E-state index in [-0.39, 0.29) is 5.56 Å². The minimum atomic E-state index is -0.592. The summed E-state index contributed by atoms with van der Waals surface area (Å²) in [6, 6.07) is 12.7. The van der Waals surface area contributed by atoms with E-state index in [9.17, 15) is 8.78 Å². The van der Waals surface area contributed by atoms with Gasteiger partial charge in [0, 0.05) is 17.0 Å². The topological polar surface area (TPSA) is 26.0 Å². The average molecular weight is 289 g/mol. The van der Waals surface area contributed by atoms with Gasteiger partial charge in [-0.05, 0) is 36.6 Å². The van der Waals surface area contributed by atoms with Crippen molar-refractivity contribution in [1.29, 1.82) is 0 Å². The predicted molar refractivity (Wildman–Crippen MR) is 82.0 cm³/mol. The van der Waals surface area contributed by atoms with Gasteiger partial charge in [0.1, 0.15) is 11.6 Å². The molecule has 0 spiro atoms. The summed E-state index contributed by atoms with van der Waals surface area (Å²) in [6.07, 6.45) is 1.51. The fraction of sp³-hybridized carbons (Fsp3) is 0.333. The lowest BCUT2D eigenvalue weighted by Crippen LogP contribution is -2.38. The standard InChI is InChI=1S/C18H21F2N/c1-3-18(4-2,13-8-6-5-7-9-13)17(21)15-12-14(19)10-11-16(15)20/h5-12,17H,3-4,21H2,1-2H3. The first-order valence-corrected chi connectivity index (χ1v) is 7.31. The zero-order valence-corrected chi connectivity index (χ0v) is 12.4. The smallest absolute Gasteiger partial charge is 0.128 e.